The maximum Gasteiger partial charge on any atom is 0.267 e. The van der Waals surface area contributed by atoms with Gasteiger partial charge in [-0.25, -0.2) is 17.4 Å². The van der Waals surface area contributed by atoms with Gasteiger partial charge in [0.25, 0.3) is 5.56 Å². The van der Waals surface area contributed by atoms with E-state index in [-0.39, 0.29) is 30.6 Å². The summed E-state index contributed by atoms with van der Waals surface area (Å²) in [7, 11) is -3.28. The predicted octanol–water partition coefficient (Wildman–Crippen LogP) is 0.451. The Hall–Kier alpha value is -2.52. The SMILES string of the molecule is CS(=O)(=O)N1CCCC(NC(=O)Cn2nc(-c3ccccc3)ccc2=O)C1. The van der Waals surface area contributed by atoms with Crippen molar-refractivity contribution in [2.24, 2.45) is 0 Å². The fraction of sp³-hybridized carbons (Fsp3) is 0.389. The van der Waals surface area contributed by atoms with Gasteiger partial charge in [0.05, 0.1) is 11.9 Å². The lowest BCUT2D eigenvalue weighted by Gasteiger charge is -2.31. The second-order valence-electron chi connectivity index (χ2n) is 6.61. The molecule has 27 heavy (non-hydrogen) atoms. The molecule has 1 aromatic heterocycles. The molecule has 8 nitrogen and oxygen atoms in total. The Morgan fingerprint density at radius 2 is 1.96 bits per heavy atom. The molecule has 1 aromatic carbocycles. The molecular weight excluding hydrogens is 368 g/mol. The van der Waals surface area contributed by atoms with Crippen LogP contribution in [0, 0.1) is 0 Å². The summed E-state index contributed by atoms with van der Waals surface area (Å²) >= 11 is 0. The number of nitrogens with one attached hydrogen (secondary N) is 1. The molecule has 0 radical (unpaired) electrons. The number of hydrogen-bond donors (Lipinski definition) is 1. The molecular formula is C18H22N4O4S. The Labute approximate surface area is 157 Å². The lowest BCUT2D eigenvalue weighted by Crippen LogP contribution is -2.50. The lowest BCUT2D eigenvalue weighted by molar-refractivity contribution is -0.122. The molecule has 2 aromatic rings. The third-order valence-corrected chi connectivity index (χ3v) is 5.72. The summed E-state index contributed by atoms with van der Waals surface area (Å²) < 4.78 is 25.8. The molecule has 144 valence electrons. The minimum Gasteiger partial charge on any atom is -0.350 e. The number of carbonyl (C=O) groups excluding carboxylic acids is 1. The fourth-order valence-corrected chi connectivity index (χ4v) is 4.01. The van der Waals surface area contributed by atoms with Crippen LogP contribution in [0.3, 0.4) is 0 Å². The number of hydrogen-bond acceptors (Lipinski definition) is 5. The molecule has 0 saturated carbocycles. The van der Waals surface area contributed by atoms with Gasteiger partial charge >= 0.3 is 0 Å². The summed E-state index contributed by atoms with van der Waals surface area (Å²) in [5.74, 6) is -0.366. The fourth-order valence-electron chi connectivity index (χ4n) is 3.10. The van der Waals surface area contributed by atoms with Gasteiger partial charge < -0.3 is 5.32 Å². The number of piperidine rings is 1. The van der Waals surface area contributed by atoms with Crippen LogP contribution in [0.15, 0.2) is 47.3 Å². The van der Waals surface area contributed by atoms with Crippen molar-refractivity contribution < 1.29 is 13.2 Å². The van der Waals surface area contributed by atoms with Gasteiger partial charge in [0.15, 0.2) is 0 Å². The van der Waals surface area contributed by atoms with Gasteiger partial charge in [0, 0.05) is 30.8 Å². The molecule has 0 spiro atoms. The highest BCUT2D eigenvalue weighted by Crippen LogP contribution is 2.14. The Kier molecular flexibility index (Phi) is 5.71. The van der Waals surface area contributed by atoms with Gasteiger partial charge in [-0.15, -0.1) is 0 Å². The Balaban J connectivity index is 1.68. The molecule has 2 heterocycles. The van der Waals surface area contributed by atoms with Crippen molar-refractivity contribution in [2.75, 3.05) is 19.3 Å². The Morgan fingerprint density at radius 3 is 2.67 bits per heavy atom. The van der Waals surface area contributed by atoms with Crippen molar-refractivity contribution in [2.45, 2.75) is 25.4 Å². The number of carbonyl (C=O) groups is 1. The minimum atomic E-state index is -3.28. The zero-order valence-corrected chi connectivity index (χ0v) is 15.9. The summed E-state index contributed by atoms with van der Waals surface area (Å²) in [6, 6.07) is 12.1. The van der Waals surface area contributed by atoms with Gasteiger partial charge in [0.2, 0.25) is 15.9 Å². The first-order valence-electron chi connectivity index (χ1n) is 8.71. The molecule has 9 heteroatoms. The van der Waals surface area contributed by atoms with Gasteiger partial charge in [-0.1, -0.05) is 30.3 Å². The molecule has 1 unspecified atom stereocenters. The normalized spacial score (nSPS) is 18.2. The third-order valence-electron chi connectivity index (χ3n) is 4.45. The van der Waals surface area contributed by atoms with Crippen molar-refractivity contribution in [3.63, 3.8) is 0 Å². The molecule has 3 rings (SSSR count). The minimum absolute atomic E-state index is 0.213. The highest BCUT2D eigenvalue weighted by atomic mass is 32.2. The first-order valence-corrected chi connectivity index (χ1v) is 10.6. The van der Waals surface area contributed by atoms with Crippen LogP contribution in [0.1, 0.15) is 12.8 Å². The summed E-state index contributed by atoms with van der Waals surface area (Å²) in [6.07, 6.45) is 2.54. The molecule has 1 atom stereocenters. The molecule has 1 saturated heterocycles. The van der Waals surface area contributed by atoms with E-state index in [1.54, 1.807) is 6.07 Å². The number of benzene rings is 1. The first kappa shape index (κ1) is 19.2. The molecule has 0 aliphatic carbocycles. The molecule has 1 fully saturated rings. The van der Waals surface area contributed by atoms with E-state index in [1.807, 2.05) is 30.3 Å². The predicted molar refractivity (Wildman–Crippen MR) is 102 cm³/mol. The van der Waals surface area contributed by atoms with Gasteiger partial charge in [-0.3, -0.25) is 9.59 Å². The van der Waals surface area contributed by atoms with Crippen molar-refractivity contribution >= 4 is 15.9 Å². The van der Waals surface area contributed by atoms with Crippen LogP contribution >= 0.6 is 0 Å². The number of sulfonamides is 1. The molecule has 1 amide bonds. The number of rotatable bonds is 5. The molecule has 0 bridgehead atoms. The van der Waals surface area contributed by atoms with E-state index in [0.29, 0.717) is 25.1 Å². The van der Waals surface area contributed by atoms with E-state index in [4.69, 9.17) is 0 Å². The van der Waals surface area contributed by atoms with E-state index < -0.39 is 10.0 Å². The summed E-state index contributed by atoms with van der Waals surface area (Å²) in [6.45, 7) is 0.497. The highest BCUT2D eigenvalue weighted by Gasteiger charge is 2.26. The maximum absolute atomic E-state index is 12.4. The summed E-state index contributed by atoms with van der Waals surface area (Å²) in [5.41, 5.74) is 1.08. The molecule has 1 aliphatic rings. The lowest BCUT2D eigenvalue weighted by atomic mass is 10.1. The average molecular weight is 390 g/mol. The van der Waals surface area contributed by atoms with Crippen LogP contribution in [0.4, 0.5) is 0 Å². The van der Waals surface area contributed by atoms with Crippen LogP contribution in [-0.2, 0) is 21.4 Å². The molecule has 1 aliphatic heterocycles. The topological polar surface area (TPSA) is 101 Å². The van der Waals surface area contributed by atoms with Crippen molar-refractivity contribution in [3.05, 3.63) is 52.8 Å². The smallest absolute Gasteiger partial charge is 0.267 e. The van der Waals surface area contributed by atoms with E-state index in [9.17, 15) is 18.0 Å². The second kappa shape index (κ2) is 8.01. The quantitative estimate of drug-likeness (QED) is 0.799. The number of aromatic nitrogens is 2. The van der Waals surface area contributed by atoms with Crippen molar-refractivity contribution in [1.29, 1.82) is 0 Å². The van der Waals surface area contributed by atoms with Crippen molar-refractivity contribution in [3.8, 4) is 11.3 Å². The van der Waals surface area contributed by atoms with E-state index in [2.05, 4.69) is 10.4 Å². The van der Waals surface area contributed by atoms with Crippen LogP contribution in [-0.4, -0.2) is 53.8 Å². The van der Waals surface area contributed by atoms with Crippen LogP contribution in [0.2, 0.25) is 0 Å². The third kappa shape index (κ3) is 5.01. The standard InChI is InChI=1S/C18H22N4O4S/c1-27(25,26)21-11-5-8-15(12-21)19-17(23)13-22-18(24)10-9-16(20-22)14-6-3-2-4-7-14/h2-4,6-7,9-10,15H,5,8,11-13H2,1H3,(H,19,23). The number of amides is 1. The second-order valence-corrected chi connectivity index (χ2v) is 8.59. The molecule has 1 N–H and O–H groups in total. The van der Waals surface area contributed by atoms with Gasteiger partial charge in [0.1, 0.15) is 6.54 Å². The number of nitrogens with zero attached hydrogens (tertiary/aromatic N) is 3. The van der Waals surface area contributed by atoms with Crippen molar-refractivity contribution in [1.82, 2.24) is 19.4 Å². The van der Waals surface area contributed by atoms with Crippen LogP contribution in [0.5, 0.6) is 0 Å². The summed E-state index contributed by atoms with van der Waals surface area (Å²) in [4.78, 5) is 24.4. The van der Waals surface area contributed by atoms with E-state index in [0.717, 1.165) is 16.5 Å². The average Bonchev–Trinajstić information content (AvgIpc) is 2.64. The zero-order chi connectivity index (χ0) is 19.4. The van der Waals surface area contributed by atoms with Gasteiger partial charge in [-0.05, 0) is 18.9 Å². The van der Waals surface area contributed by atoms with Crippen LogP contribution in [0.25, 0.3) is 11.3 Å². The first-order chi connectivity index (χ1) is 12.8. The van der Waals surface area contributed by atoms with E-state index >= 15 is 0 Å². The highest BCUT2D eigenvalue weighted by molar-refractivity contribution is 7.88. The largest absolute Gasteiger partial charge is 0.350 e. The van der Waals surface area contributed by atoms with Crippen LogP contribution < -0.4 is 10.9 Å². The maximum atomic E-state index is 12.4. The van der Waals surface area contributed by atoms with Gasteiger partial charge in [-0.2, -0.15) is 5.10 Å². The Bertz CT molecular complexity index is 972. The zero-order valence-electron chi connectivity index (χ0n) is 15.0. The Morgan fingerprint density at radius 1 is 1.22 bits per heavy atom. The monoisotopic (exact) mass is 390 g/mol. The van der Waals surface area contributed by atoms with E-state index in [1.165, 1.54) is 10.4 Å². The summed E-state index contributed by atoms with van der Waals surface area (Å²) in [5, 5.41) is 7.08.